The molecule has 0 spiro atoms. The van der Waals surface area contributed by atoms with Crippen LogP contribution in [0.5, 0.6) is 0 Å². The highest BCUT2D eigenvalue weighted by atomic mass is 16.5. The number of pyridine rings is 2. The van der Waals surface area contributed by atoms with Gasteiger partial charge in [0, 0.05) is 23.5 Å². The first-order valence-electron chi connectivity index (χ1n) is 9.62. The summed E-state index contributed by atoms with van der Waals surface area (Å²) in [6, 6.07) is 9.10. The Hall–Kier alpha value is -4.73. The minimum absolute atomic E-state index is 0.348. The maximum Gasteiger partial charge on any atom is 0.250 e. The van der Waals surface area contributed by atoms with E-state index in [0.717, 1.165) is 22.2 Å². The molecule has 158 valence electrons. The van der Waals surface area contributed by atoms with Crippen LogP contribution < -0.4 is 11.1 Å². The smallest absolute Gasteiger partial charge is 0.250 e. The molecule has 0 bridgehead atoms. The number of benzene rings is 1. The lowest BCUT2D eigenvalue weighted by molar-refractivity contribution is 0.100. The number of fused-ring (bicyclic) bond motifs is 2. The Bertz CT molecular complexity index is 1500. The Morgan fingerprint density at radius 3 is 2.84 bits per heavy atom. The van der Waals surface area contributed by atoms with Crippen LogP contribution in [0.15, 0.2) is 61.4 Å². The highest BCUT2D eigenvalue weighted by Crippen LogP contribution is 2.30. The number of hydrogen-bond acceptors (Lipinski definition) is 7. The summed E-state index contributed by atoms with van der Waals surface area (Å²) in [6.07, 6.45) is 5.14. The molecule has 32 heavy (non-hydrogen) atoms. The van der Waals surface area contributed by atoms with Crippen molar-refractivity contribution in [2.75, 3.05) is 12.4 Å². The molecule has 0 atom stereocenters. The second kappa shape index (κ2) is 7.51. The number of nitrogens with zero attached hydrogens (tertiary/aromatic N) is 4. The minimum Gasteiger partial charge on any atom is -0.483 e. The SMILES string of the molecule is C=C(Nc1cncc(-c2cnc3n[nH]c(-c4nc5c(C(N)=O)cccc5[nH]4)c3c2)c1)OC. The molecule has 1 amide bonds. The van der Waals surface area contributed by atoms with Gasteiger partial charge in [0.1, 0.15) is 11.2 Å². The molecule has 4 heterocycles. The van der Waals surface area contributed by atoms with Crippen molar-refractivity contribution in [2.45, 2.75) is 0 Å². The molecule has 0 fully saturated rings. The van der Waals surface area contributed by atoms with E-state index in [1.807, 2.05) is 18.2 Å². The molecule has 1 aromatic carbocycles. The minimum atomic E-state index is -0.538. The number of aromatic amines is 2. The van der Waals surface area contributed by atoms with Crippen LogP contribution in [0.25, 0.3) is 44.7 Å². The van der Waals surface area contributed by atoms with Crippen molar-refractivity contribution in [1.29, 1.82) is 0 Å². The fourth-order valence-corrected chi connectivity index (χ4v) is 3.47. The lowest BCUT2D eigenvalue weighted by atomic mass is 10.1. The third-order valence-corrected chi connectivity index (χ3v) is 5.03. The van der Waals surface area contributed by atoms with Crippen LogP contribution in [0.3, 0.4) is 0 Å². The quantitative estimate of drug-likeness (QED) is 0.305. The predicted molar refractivity (Wildman–Crippen MR) is 120 cm³/mol. The van der Waals surface area contributed by atoms with Crippen LogP contribution in [-0.4, -0.2) is 43.2 Å². The lowest BCUT2D eigenvalue weighted by Crippen LogP contribution is -2.11. The molecule has 4 aromatic heterocycles. The first kappa shape index (κ1) is 19.2. The van der Waals surface area contributed by atoms with Gasteiger partial charge in [0.25, 0.3) is 5.91 Å². The second-order valence-electron chi connectivity index (χ2n) is 7.06. The topological polar surface area (TPSA) is 147 Å². The fourth-order valence-electron chi connectivity index (χ4n) is 3.47. The van der Waals surface area contributed by atoms with E-state index in [1.165, 1.54) is 7.11 Å². The molecule has 0 saturated carbocycles. The van der Waals surface area contributed by atoms with Crippen molar-refractivity contribution in [3.8, 4) is 22.6 Å². The lowest BCUT2D eigenvalue weighted by Gasteiger charge is -2.09. The number of ether oxygens (including phenoxy) is 1. The number of hydrogen-bond donors (Lipinski definition) is 4. The largest absolute Gasteiger partial charge is 0.483 e. The summed E-state index contributed by atoms with van der Waals surface area (Å²) in [5.74, 6) is 0.402. The van der Waals surface area contributed by atoms with E-state index >= 15 is 0 Å². The first-order valence-corrected chi connectivity index (χ1v) is 9.62. The molecule has 10 nitrogen and oxygen atoms in total. The molecule has 0 aliphatic heterocycles. The Kier molecular flexibility index (Phi) is 4.52. The zero-order valence-electron chi connectivity index (χ0n) is 17.0. The van der Waals surface area contributed by atoms with E-state index in [2.05, 4.69) is 42.0 Å². The molecule has 0 unspecified atom stereocenters. The van der Waals surface area contributed by atoms with Gasteiger partial charge in [0.2, 0.25) is 0 Å². The molecular formula is C22H18N8O2. The molecule has 0 saturated heterocycles. The zero-order valence-corrected chi connectivity index (χ0v) is 17.0. The maximum atomic E-state index is 11.8. The highest BCUT2D eigenvalue weighted by molar-refractivity contribution is 6.05. The summed E-state index contributed by atoms with van der Waals surface area (Å²) in [7, 11) is 1.54. The summed E-state index contributed by atoms with van der Waals surface area (Å²) >= 11 is 0. The molecule has 5 N–H and O–H groups in total. The monoisotopic (exact) mass is 426 g/mol. The van der Waals surface area contributed by atoms with E-state index in [1.54, 1.807) is 30.7 Å². The van der Waals surface area contributed by atoms with Crippen molar-refractivity contribution >= 4 is 33.7 Å². The van der Waals surface area contributed by atoms with Gasteiger partial charge in [-0.25, -0.2) is 9.97 Å². The third-order valence-electron chi connectivity index (χ3n) is 5.03. The number of carbonyl (C=O) groups is 1. The summed E-state index contributed by atoms with van der Waals surface area (Å²) in [6.45, 7) is 3.76. The number of carbonyl (C=O) groups excluding carboxylic acids is 1. The Balaban J connectivity index is 1.59. The van der Waals surface area contributed by atoms with Gasteiger partial charge in [0.15, 0.2) is 17.4 Å². The fraction of sp³-hybridized carbons (Fsp3) is 0.0455. The molecule has 5 rings (SSSR count). The van der Waals surface area contributed by atoms with Crippen molar-refractivity contribution < 1.29 is 9.53 Å². The van der Waals surface area contributed by atoms with Crippen LogP contribution in [0, 0.1) is 0 Å². The van der Waals surface area contributed by atoms with Crippen molar-refractivity contribution in [1.82, 2.24) is 30.1 Å². The van der Waals surface area contributed by atoms with Gasteiger partial charge in [-0.15, -0.1) is 0 Å². The molecule has 10 heteroatoms. The predicted octanol–water partition coefficient (Wildman–Crippen LogP) is 3.19. The van der Waals surface area contributed by atoms with Gasteiger partial charge in [-0.3, -0.25) is 14.9 Å². The summed E-state index contributed by atoms with van der Waals surface area (Å²) in [5.41, 5.74) is 10.6. The van der Waals surface area contributed by atoms with Crippen molar-refractivity contribution in [3.05, 3.63) is 66.9 Å². The summed E-state index contributed by atoms with van der Waals surface area (Å²) in [5, 5.41) is 11.1. The number of H-pyrrole nitrogens is 2. The van der Waals surface area contributed by atoms with Crippen LogP contribution in [0.2, 0.25) is 0 Å². The number of para-hydroxylation sites is 1. The summed E-state index contributed by atoms with van der Waals surface area (Å²) in [4.78, 5) is 28.3. The van der Waals surface area contributed by atoms with Gasteiger partial charge in [0.05, 0.1) is 35.5 Å². The van der Waals surface area contributed by atoms with Crippen molar-refractivity contribution in [2.24, 2.45) is 5.73 Å². The van der Waals surface area contributed by atoms with Gasteiger partial charge in [-0.2, -0.15) is 5.10 Å². The number of nitrogens with one attached hydrogen (secondary N) is 3. The maximum absolute atomic E-state index is 11.8. The highest BCUT2D eigenvalue weighted by Gasteiger charge is 2.17. The van der Waals surface area contributed by atoms with Crippen LogP contribution in [-0.2, 0) is 4.74 Å². The number of methoxy groups -OCH3 is 1. The number of amides is 1. The molecule has 5 aromatic rings. The van der Waals surface area contributed by atoms with Gasteiger partial charge < -0.3 is 20.8 Å². The normalized spacial score (nSPS) is 11.0. The van der Waals surface area contributed by atoms with E-state index < -0.39 is 5.91 Å². The van der Waals surface area contributed by atoms with E-state index in [0.29, 0.717) is 39.6 Å². The van der Waals surface area contributed by atoms with Crippen LogP contribution in [0.4, 0.5) is 5.69 Å². The number of rotatable bonds is 6. The number of imidazole rings is 1. The average Bonchev–Trinajstić information content (AvgIpc) is 3.42. The molecule has 0 aliphatic carbocycles. The summed E-state index contributed by atoms with van der Waals surface area (Å²) < 4.78 is 5.06. The van der Waals surface area contributed by atoms with E-state index in [-0.39, 0.29) is 0 Å². The molecular weight excluding hydrogens is 408 g/mol. The van der Waals surface area contributed by atoms with Gasteiger partial charge in [-0.1, -0.05) is 6.07 Å². The average molecular weight is 426 g/mol. The van der Waals surface area contributed by atoms with Gasteiger partial charge in [-0.05, 0) is 30.8 Å². The van der Waals surface area contributed by atoms with Gasteiger partial charge >= 0.3 is 0 Å². The van der Waals surface area contributed by atoms with E-state index in [4.69, 9.17) is 10.5 Å². The standard InChI is InChI=1S/C22H18N8O2/c1-11(32-2)26-14-6-12(8-24-10-14)13-7-16-19(29-30-21(16)25-9-13)22-27-17-5-3-4-15(20(23)31)18(17)28-22/h3-10,26H,1H2,2H3,(H2,23,31)(H,27,28)(H,25,29,30). The van der Waals surface area contributed by atoms with Crippen LogP contribution >= 0.6 is 0 Å². The second-order valence-corrected chi connectivity index (χ2v) is 7.06. The Labute approximate surface area is 181 Å². The number of aromatic nitrogens is 6. The number of anilines is 1. The third kappa shape index (κ3) is 3.29. The van der Waals surface area contributed by atoms with Crippen molar-refractivity contribution in [3.63, 3.8) is 0 Å². The first-order chi connectivity index (χ1) is 15.5. The van der Waals surface area contributed by atoms with Crippen LogP contribution in [0.1, 0.15) is 10.4 Å². The number of nitrogens with two attached hydrogens (primary N) is 1. The Morgan fingerprint density at radius 2 is 2.03 bits per heavy atom. The molecule has 0 aliphatic rings. The van der Waals surface area contributed by atoms with E-state index in [9.17, 15) is 4.79 Å². The molecule has 0 radical (unpaired) electrons. The Morgan fingerprint density at radius 1 is 1.19 bits per heavy atom. The number of primary amides is 1. The zero-order chi connectivity index (χ0) is 22.2.